The molecule has 6 rings (SSSR count). The average molecular weight is 517 g/mol. The van der Waals surface area contributed by atoms with Gasteiger partial charge in [0, 0.05) is 44.0 Å². The van der Waals surface area contributed by atoms with E-state index in [0.717, 1.165) is 41.8 Å². The minimum atomic E-state index is -0.364. The van der Waals surface area contributed by atoms with E-state index in [1.54, 1.807) is 24.1 Å². The highest BCUT2D eigenvalue weighted by Gasteiger charge is 2.32. The topological polar surface area (TPSA) is 90.9 Å². The number of amides is 3. The summed E-state index contributed by atoms with van der Waals surface area (Å²) in [6.07, 6.45) is 4.44. The maximum absolute atomic E-state index is 13.8. The fraction of sp³-hybridized carbons (Fsp3) is 0.357. The third kappa shape index (κ3) is 4.51. The molecule has 0 atom stereocenters. The summed E-state index contributed by atoms with van der Waals surface area (Å²) in [5.41, 5.74) is 3.74. The van der Waals surface area contributed by atoms with Gasteiger partial charge in [0.25, 0.3) is 5.91 Å². The number of rotatable bonds is 4. The van der Waals surface area contributed by atoms with E-state index >= 15 is 0 Å². The molecule has 10 heteroatoms. The molecule has 1 aromatic heterocycles. The Hall–Kier alpha value is -4.21. The van der Waals surface area contributed by atoms with Crippen LogP contribution in [0.4, 0.5) is 26.4 Å². The monoisotopic (exact) mass is 516 g/mol. The number of hydrogen-bond acceptors (Lipinski definition) is 6. The van der Waals surface area contributed by atoms with E-state index in [-0.39, 0.29) is 29.5 Å². The minimum absolute atomic E-state index is 0.0791. The molecule has 38 heavy (non-hydrogen) atoms. The number of nitrogens with one attached hydrogen (secondary N) is 1. The Morgan fingerprint density at radius 1 is 1.00 bits per heavy atom. The van der Waals surface area contributed by atoms with Crippen LogP contribution in [-0.2, 0) is 12.8 Å². The zero-order chi connectivity index (χ0) is 26.2. The molecule has 9 nitrogen and oxygen atoms in total. The molecule has 3 aromatic rings. The first-order valence-electron chi connectivity index (χ1n) is 12.9. The molecule has 0 saturated carbocycles. The zero-order valence-corrected chi connectivity index (χ0v) is 21.2. The fourth-order valence-corrected chi connectivity index (χ4v) is 5.65. The zero-order valence-electron chi connectivity index (χ0n) is 21.2. The number of carbonyl (C=O) groups excluding carboxylic acids is 2. The number of anilines is 3. The van der Waals surface area contributed by atoms with Crippen molar-refractivity contribution >= 4 is 29.1 Å². The molecule has 2 aromatic carbocycles. The summed E-state index contributed by atoms with van der Waals surface area (Å²) in [6.45, 7) is 2.55. The SMILES string of the molecule is COc1ccc2c(c1)CCN(C1CCN(c3cc(C(=O)N4CCc5ccc(F)cc54)ncn3)CC1)C(=O)N2. The van der Waals surface area contributed by atoms with Crippen LogP contribution in [0.15, 0.2) is 48.8 Å². The Kier molecular flexibility index (Phi) is 6.30. The van der Waals surface area contributed by atoms with Crippen LogP contribution in [0.2, 0.25) is 0 Å². The van der Waals surface area contributed by atoms with Gasteiger partial charge >= 0.3 is 6.03 Å². The van der Waals surface area contributed by atoms with Crippen molar-refractivity contribution in [1.29, 1.82) is 0 Å². The van der Waals surface area contributed by atoms with Gasteiger partial charge in [-0.1, -0.05) is 6.07 Å². The summed E-state index contributed by atoms with van der Waals surface area (Å²) in [4.78, 5) is 40.6. The number of halogens is 1. The summed E-state index contributed by atoms with van der Waals surface area (Å²) in [5, 5.41) is 3.05. The quantitative estimate of drug-likeness (QED) is 0.566. The van der Waals surface area contributed by atoms with Gasteiger partial charge in [0.1, 0.15) is 29.4 Å². The van der Waals surface area contributed by atoms with Crippen LogP contribution in [0.25, 0.3) is 0 Å². The molecule has 0 radical (unpaired) electrons. The Morgan fingerprint density at radius 2 is 1.82 bits per heavy atom. The number of carbonyl (C=O) groups is 2. The first kappa shape index (κ1) is 24.1. The van der Waals surface area contributed by atoms with Crippen molar-refractivity contribution in [3.63, 3.8) is 0 Å². The number of fused-ring (bicyclic) bond motifs is 2. The summed E-state index contributed by atoms with van der Waals surface area (Å²) in [5.74, 6) is 0.838. The molecule has 3 amide bonds. The first-order chi connectivity index (χ1) is 18.5. The second-order valence-electron chi connectivity index (χ2n) is 9.86. The van der Waals surface area contributed by atoms with Crippen molar-refractivity contribution in [1.82, 2.24) is 14.9 Å². The summed E-state index contributed by atoms with van der Waals surface area (Å²) >= 11 is 0. The average Bonchev–Trinajstić information content (AvgIpc) is 3.28. The number of aromatic nitrogens is 2. The number of piperidine rings is 1. The molecule has 1 fully saturated rings. The number of ether oxygens (including phenoxy) is 1. The van der Waals surface area contributed by atoms with Gasteiger partial charge in [-0.3, -0.25) is 4.79 Å². The smallest absolute Gasteiger partial charge is 0.322 e. The van der Waals surface area contributed by atoms with Gasteiger partial charge in [0.05, 0.1) is 12.8 Å². The molecule has 4 heterocycles. The molecule has 1 saturated heterocycles. The summed E-state index contributed by atoms with van der Waals surface area (Å²) < 4.78 is 19.2. The van der Waals surface area contributed by atoms with E-state index in [0.29, 0.717) is 44.1 Å². The summed E-state index contributed by atoms with van der Waals surface area (Å²) in [7, 11) is 1.64. The second-order valence-corrected chi connectivity index (χ2v) is 9.86. The molecule has 196 valence electrons. The van der Waals surface area contributed by atoms with E-state index in [4.69, 9.17) is 4.74 Å². The largest absolute Gasteiger partial charge is 0.497 e. The maximum atomic E-state index is 13.8. The highest BCUT2D eigenvalue weighted by atomic mass is 19.1. The van der Waals surface area contributed by atoms with Crippen LogP contribution >= 0.6 is 0 Å². The fourth-order valence-electron chi connectivity index (χ4n) is 5.65. The number of hydrogen-bond donors (Lipinski definition) is 1. The van der Waals surface area contributed by atoms with Crippen LogP contribution in [0.1, 0.15) is 34.5 Å². The Bertz CT molecular complexity index is 1390. The molecular formula is C28H29FN6O3. The Balaban J connectivity index is 1.11. The molecular weight excluding hydrogens is 487 g/mol. The van der Waals surface area contributed by atoms with Crippen molar-refractivity contribution in [2.24, 2.45) is 0 Å². The predicted octanol–water partition coefficient (Wildman–Crippen LogP) is 3.89. The lowest BCUT2D eigenvalue weighted by molar-refractivity contribution is 0.0984. The predicted molar refractivity (Wildman–Crippen MR) is 141 cm³/mol. The van der Waals surface area contributed by atoms with Crippen LogP contribution in [0.5, 0.6) is 5.75 Å². The second kappa shape index (κ2) is 9.92. The lowest BCUT2D eigenvalue weighted by Gasteiger charge is -2.38. The van der Waals surface area contributed by atoms with E-state index in [9.17, 15) is 14.0 Å². The van der Waals surface area contributed by atoms with Crippen LogP contribution in [-0.4, -0.2) is 66.1 Å². The van der Waals surface area contributed by atoms with Crippen molar-refractivity contribution in [2.75, 3.05) is 48.4 Å². The normalized spacial score (nSPS) is 17.5. The van der Waals surface area contributed by atoms with Gasteiger partial charge in [0.2, 0.25) is 0 Å². The van der Waals surface area contributed by atoms with Gasteiger partial charge in [0.15, 0.2) is 0 Å². The third-order valence-corrected chi connectivity index (χ3v) is 7.73. The van der Waals surface area contributed by atoms with Crippen molar-refractivity contribution < 1.29 is 18.7 Å². The molecule has 3 aliphatic heterocycles. The van der Waals surface area contributed by atoms with Gasteiger partial charge < -0.3 is 24.8 Å². The molecule has 0 spiro atoms. The number of urea groups is 1. The maximum Gasteiger partial charge on any atom is 0.322 e. The van der Waals surface area contributed by atoms with Crippen LogP contribution < -0.4 is 19.9 Å². The van der Waals surface area contributed by atoms with Gasteiger partial charge in [-0.15, -0.1) is 0 Å². The minimum Gasteiger partial charge on any atom is -0.497 e. The molecule has 0 unspecified atom stereocenters. The Morgan fingerprint density at radius 3 is 2.63 bits per heavy atom. The number of benzene rings is 2. The number of methoxy groups -OCH3 is 1. The Labute approximate surface area is 220 Å². The molecule has 0 bridgehead atoms. The first-order valence-corrected chi connectivity index (χ1v) is 12.9. The summed E-state index contributed by atoms with van der Waals surface area (Å²) in [6, 6.07) is 12.0. The van der Waals surface area contributed by atoms with Gasteiger partial charge in [-0.05, 0) is 67.1 Å². The van der Waals surface area contributed by atoms with Crippen molar-refractivity contribution in [3.8, 4) is 5.75 Å². The third-order valence-electron chi connectivity index (χ3n) is 7.73. The van der Waals surface area contributed by atoms with Gasteiger partial charge in [-0.2, -0.15) is 0 Å². The van der Waals surface area contributed by atoms with Crippen molar-refractivity contribution in [2.45, 2.75) is 31.7 Å². The lowest BCUT2D eigenvalue weighted by Crippen LogP contribution is -2.49. The highest BCUT2D eigenvalue weighted by molar-refractivity contribution is 6.06. The van der Waals surface area contributed by atoms with E-state index < -0.39 is 0 Å². The van der Waals surface area contributed by atoms with Gasteiger partial charge in [-0.25, -0.2) is 19.2 Å². The number of nitrogens with zero attached hydrogens (tertiary/aromatic N) is 5. The lowest BCUT2D eigenvalue weighted by atomic mass is 10.0. The van der Waals surface area contributed by atoms with E-state index in [1.165, 1.54) is 18.5 Å². The standard InChI is InChI=1S/C28H29FN6O3/c1-38-22-4-5-23-19(14-22)7-12-34(28(37)32-23)21-8-10-33(11-9-21)26-16-24(30-17-31-26)27(36)35-13-6-18-2-3-20(29)15-25(18)35/h2-5,14-17,21H,6-13H2,1H3,(H,32,37). The van der Waals surface area contributed by atoms with E-state index in [1.807, 2.05) is 23.1 Å². The van der Waals surface area contributed by atoms with Crippen LogP contribution in [0.3, 0.4) is 0 Å². The molecule has 0 aliphatic carbocycles. The van der Waals surface area contributed by atoms with Crippen molar-refractivity contribution in [3.05, 3.63) is 71.4 Å². The van der Waals surface area contributed by atoms with Crippen LogP contribution in [0, 0.1) is 5.82 Å². The molecule has 3 aliphatic rings. The highest BCUT2D eigenvalue weighted by Crippen LogP contribution is 2.31. The van der Waals surface area contributed by atoms with E-state index in [2.05, 4.69) is 20.2 Å². The molecule has 1 N–H and O–H groups in total.